The standard InChI is InChI=1S/C23H32N4O.HI/c1-23(2,21(28)24-3)17-27-22(25-4)26-16-15-20(18-11-7-5-8-12-18)19-13-9-6-10-14-19;/h5-14,20H,15-17H2,1-4H3,(H,24,28)(H2,25,26,27);1H. The van der Waals surface area contributed by atoms with E-state index in [1.54, 1.807) is 14.1 Å². The Morgan fingerprint density at radius 2 is 1.48 bits per heavy atom. The van der Waals surface area contributed by atoms with Crippen LogP contribution in [0.5, 0.6) is 0 Å². The predicted molar refractivity (Wildman–Crippen MR) is 132 cm³/mol. The Morgan fingerprint density at radius 3 is 1.93 bits per heavy atom. The number of halogens is 1. The van der Waals surface area contributed by atoms with Crippen LogP contribution in [0.4, 0.5) is 0 Å². The van der Waals surface area contributed by atoms with E-state index < -0.39 is 5.41 Å². The molecule has 3 N–H and O–H groups in total. The van der Waals surface area contributed by atoms with Gasteiger partial charge in [-0.15, -0.1) is 24.0 Å². The average molecular weight is 508 g/mol. The summed E-state index contributed by atoms with van der Waals surface area (Å²) < 4.78 is 0. The highest BCUT2D eigenvalue weighted by atomic mass is 127. The van der Waals surface area contributed by atoms with Gasteiger partial charge in [0.1, 0.15) is 0 Å². The van der Waals surface area contributed by atoms with Crippen LogP contribution in [-0.4, -0.2) is 39.1 Å². The number of amides is 1. The number of nitrogens with one attached hydrogen (secondary N) is 3. The fraction of sp³-hybridized carbons (Fsp3) is 0.391. The number of rotatable bonds is 8. The molecule has 0 spiro atoms. The van der Waals surface area contributed by atoms with Crippen LogP contribution in [0.25, 0.3) is 0 Å². The van der Waals surface area contributed by atoms with Crippen LogP contribution in [0.2, 0.25) is 0 Å². The number of benzene rings is 2. The van der Waals surface area contributed by atoms with Crippen LogP contribution in [0.1, 0.15) is 37.3 Å². The smallest absolute Gasteiger partial charge is 0.227 e. The van der Waals surface area contributed by atoms with Crippen molar-refractivity contribution in [1.29, 1.82) is 0 Å². The minimum atomic E-state index is -0.511. The molecule has 0 fully saturated rings. The number of aliphatic imine (C=N–C) groups is 1. The van der Waals surface area contributed by atoms with Gasteiger partial charge in [-0.25, -0.2) is 0 Å². The zero-order valence-electron chi connectivity index (χ0n) is 17.7. The van der Waals surface area contributed by atoms with E-state index in [4.69, 9.17) is 0 Å². The molecule has 0 saturated carbocycles. The van der Waals surface area contributed by atoms with E-state index in [1.165, 1.54) is 11.1 Å². The number of hydrogen-bond donors (Lipinski definition) is 3. The first-order valence-corrected chi connectivity index (χ1v) is 9.74. The fourth-order valence-electron chi connectivity index (χ4n) is 3.18. The highest BCUT2D eigenvalue weighted by Crippen LogP contribution is 2.27. The second-order valence-electron chi connectivity index (χ2n) is 7.48. The van der Waals surface area contributed by atoms with Crippen LogP contribution < -0.4 is 16.0 Å². The van der Waals surface area contributed by atoms with Crippen molar-refractivity contribution in [3.8, 4) is 0 Å². The molecule has 29 heavy (non-hydrogen) atoms. The van der Waals surface area contributed by atoms with Gasteiger partial charge in [-0.2, -0.15) is 0 Å². The Labute approximate surface area is 191 Å². The van der Waals surface area contributed by atoms with Crippen molar-refractivity contribution in [3.63, 3.8) is 0 Å². The normalized spacial score (nSPS) is 11.6. The number of carbonyl (C=O) groups excluding carboxylic acids is 1. The Bertz CT molecular complexity index is 723. The number of hydrogen-bond acceptors (Lipinski definition) is 2. The summed E-state index contributed by atoms with van der Waals surface area (Å²) in [7, 11) is 3.40. The molecule has 158 valence electrons. The molecule has 0 unspecified atom stereocenters. The highest BCUT2D eigenvalue weighted by molar-refractivity contribution is 14.0. The molecule has 2 aromatic rings. The van der Waals surface area contributed by atoms with Crippen molar-refractivity contribution in [3.05, 3.63) is 71.8 Å². The van der Waals surface area contributed by atoms with E-state index in [9.17, 15) is 4.79 Å². The quantitative estimate of drug-likeness (QED) is 0.289. The lowest BCUT2D eigenvalue weighted by Crippen LogP contribution is -2.47. The molecule has 0 saturated heterocycles. The van der Waals surface area contributed by atoms with Crippen molar-refractivity contribution >= 4 is 35.8 Å². The van der Waals surface area contributed by atoms with Gasteiger partial charge in [0.05, 0.1) is 5.41 Å². The Kier molecular flexibility index (Phi) is 10.7. The average Bonchev–Trinajstić information content (AvgIpc) is 2.74. The summed E-state index contributed by atoms with van der Waals surface area (Å²) in [5.41, 5.74) is 2.10. The molecule has 5 nitrogen and oxygen atoms in total. The van der Waals surface area contributed by atoms with Crippen molar-refractivity contribution in [2.24, 2.45) is 10.4 Å². The predicted octanol–water partition coefficient (Wildman–Crippen LogP) is 3.76. The summed E-state index contributed by atoms with van der Waals surface area (Å²) in [5.74, 6) is 1.02. The maximum absolute atomic E-state index is 11.9. The van der Waals surface area contributed by atoms with Crippen LogP contribution in [-0.2, 0) is 4.79 Å². The van der Waals surface area contributed by atoms with Crippen molar-refractivity contribution in [1.82, 2.24) is 16.0 Å². The van der Waals surface area contributed by atoms with Gasteiger partial charge in [-0.05, 0) is 31.4 Å². The fourth-order valence-corrected chi connectivity index (χ4v) is 3.18. The lowest BCUT2D eigenvalue weighted by molar-refractivity contribution is -0.128. The third-order valence-corrected chi connectivity index (χ3v) is 4.89. The Hall–Kier alpha value is -2.09. The van der Waals surface area contributed by atoms with Crippen LogP contribution in [0.3, 0.4) is 0 Å². The number of nitrogens with zero attached hydrogens (tertiary/aromatic N) is 1. The van der Waals surface area contributed by atoms with Crippen LogP contribution >= 0.6 is 24.0 Å². The summed E-state index contributed by atoms with van der Waals surface area (Å²) in [5, 5.41) is 9.33. The first kappa shape index (κ1) is 24.9. The monoisotopic (exact) mass is 508 g/mol. The maximum atomic E-state index is 11.9. The maximum Gasteiger partial charge on any atom is 0.227 e. The molecule has 0 atom stereocenters. The summed E-state index contributed by atoms with van der Waals surface area (Å²) in [6.45, 7) is 5.10. The van der Waals surface area contributed by atoms with Gasteiger partial charge >= 0.3 is 0 Å². The Morgan fingerprint density at radius 1 is 0.966 bits per heavy atom. The Balaban J connectivity index is 0.00000420. The van der Waals surface area contributed by atoms with Crippen molar-refractivity contribution < 1.29 is 4.79 Å². The van der Waals surface area contributed by atoms with E-state index >= 15 is 0 Å². The minimum Gasteiger partial charge on any atom is -0.359 e. The van der Waals surface area contributed by atoms with E-state index in [1.807, 2.05) is 26.0 Å². The summed E-state index contributed by atoms with van der Waals surface area (Å²) in [6, 6.07) is 21.1. The third-order valence-electron chi connectivity index (χ3n) is 4.89. The third kappa shape index (κ3) is 7.68. The minimum absolute atomic E-state index is 0. The molecule has 2 rings (SSSR count). The largest absolute Gasteiger partial charge is 0.359 e. The first-order chi connectivity index (χ1) is 13.5. The zero-order valence-corrected chi connectivity index (χ0v) is 20.1. The van der Waals surface area contributed by atoms with E-state index in [-0.39, 0.29) is 29.9 Å². The molecule has 1 amide bonds. The molecule has 0 aliphatic heterocycles. The molecule has 0 aliphatic rings. The van der Waals surface area contributed by atoms with Gasteiger partial charge in [0, 0.05) is 33.1 Å². The molecular formula is C23H33IN4O. The lowest BCUT2D eigenvalue weighted by atomic mass is 9.88. The van der Waals surface area contributed by atoms with Crippen LogP contribution in [0.15, 0.2) is 65.7 Å². The number of carbonyl (C=O) groups is 1. The summed E-state index contributed by atoms with van der Waals surface area (Å²) in [6.07, 6.45) is 0.938. The molecule has 0 aliphatic carbocycles. The summed E-state index contributed by atoms with van der Waals surface area (Å²) in [4.78, 5) is 16.2. The van der Waals surface area contributed by atoms with E-state index in [2.05, 4.69) is 69.5 Å². The topological polar surface area (TPSA) is 65.5 Å². The molecule has 2 aromatic carbocycles. The second kappa shape index (κ2) is 12.5. The van der Waals surface area contributed by atoms with Gasteiger partial charge in [0.2, 0.25) is 5.91 Å². The SMILES string of the molecule is CN=C(NCCC(c1ccccc1)c1ccccc1)NCC(C)(C)C(=O)NC.I. The zero-order chi connectivity index (χ0) is 20.4. The van der Waals surface area contributed by atoms with Gasteiger partial charge < -0.3 is 16.0 Å². The molecular weight excluding hydrogens is 475 g/mol. The lowest BCUT2D eigenvalue weighted by Gasteiger charge is -2.24. The first-order valence-electron chi connectivity index (χ1n) is 9.74. The van der Waals surface area contributed by atoms with Gasteiger partial charge in [-0.1, -0.05) is 60.7 Å². The van der Waals surface area contributed by atoms with Crippen molar-refractivity contribution in [2.45, 2.75) is 26.2 Å². The van der Waals surface area contributed by atoms with Gasteiger partial charge in [0.15, 0.2) is 5.96 Å². The van der Waals surface area contributed by atoms with E-state index in [0.29, 0.717) is 18.4 Å². The molecule has 0 heterocycles. The van der Waals surface area contributed by atoms with E-state index in [0.717, 1.165) is 13.0 Å². The second-order valence-corrected chi connectivity index (χ2v) is 7.48. The van der Waals surface area contributed by atoms with Crippen molar-refractivity contribution in [2.75, 3.05) is 27.2 Å². The number of guanidine groups is 1. The molecule has 0 bridgehead atoms. The highest BCUT2D eigenvalue weighted by Gasteiger charge is 2.26. The van der Waals surface area contributed by atoms with Gasteiger partial charge in [0.25, 0.3) is 0 Å². The van der Waals surface area contributed by atoms with Gasteiger partial charge in [-0.3, -0.25) is 9.79 Å². The summed E-state index contributed by atoms with van der Waals surface area (Å²) >= 11 is 0. The molecule has 6 heteroatoms. The molecule has 0 aromatic heterocycles. The van der Waals surface area contributed by atoms with Crippen LogP contribution in [0, 0.1) is 5.41 Å². The molecule has 0 radical (unpaired) electrons.